The van der Waals surface area contributed by atoms with Crippen LogP contribution >= 0.6 is 24.0 Å². The van der Waals surface area contributed by atoms with Crippen molar-refractivity contribution in [2.24, 2.45) is 5.73 Å². The molecule has 1 saturated heterocycles. The number of thioether (sulfide) groups is 1. The molecule has 1 amide bonds. The number of nitrogens with two attached hydrogens (primary N) is 1. The predicted molar refractivity (Wildman–Crippen MR) is 90.1 cm³/mol. The highest BCUT2D eigenvalue weighted by Gasteiger charge is 2.43. The van der Waals surface area contributed by atoms with E-state index in [9.17, 15) is 4.79 Å². The van der Waals surface area contributed by atoms with Crippen molar-refractivity contribution in [3.05, 3.63) is 0 Å². The molecule has 1 atom stereocenters. The van der Waals surface area contributed by atoms with Gasteiger partial charge in [-0.05, 0) is 38.4 Å². The predicted octanol–water partition coefficient (Wildman–Crippen LogP) is 3.16. The Morgan fingerprint density at radius 2 is 1.70 bits per heavy atom. The van der Waals surface area contributed by atoms with E-state index in [4.69, 9.17) is 18.0 Å². The molecular formula is C15H26N2OS2. The van der Waals surface area contributed by atoms with Crippen LogP contribution in [-0.4, -0.2) is 26.9 Å². The van der Waals surface area contributed by atoms with Gasteiger partial charge >= 0.3 is 0 Å². The molecule has 0 spiro atoms. The van der Waals surface area contributed by atoms with Crippen molar-refractivity contribution in [3.63, 3.8) is 0 Å². The van der Waals surface area contributed by atoms with Crippen LogP contribution in [0, 0.1) is 0 Å². The number of hydrogen-bond acceptors (Lipinski definition) is 3. The average Bonchev–Trinajstić information content (AvgIpc) is 2.80. The Bertz CT molecular complexity index is 370. The number of amides is 1. The third kappa shape index (κ3) is 3.48. The van der Waals surface area contributed by atoms with Crippen molar-refractivity contribution in [2.75, 3.05) is 5.75 Å². The van der Waals surface area contributed by atoms with E-state index in [0.29, 0.717) is 4.99 Å². The van der Waals surface area contributed by atoms with Gasteiger partial charge in [0.05, 0.1) is 15.3 Å². The zero-order valence-electron chi connectivity index (χ0n) is 12.4. The maximum atomic E-state index is 12.7. The van der Waals surface area contributed by atoms with E-state index < -0.39 is 5.54 Å². The first-order chi connectivity index (χ1) is 9.49. The second kappa shape index (κ2) is 6.65. The molecule has 0 aromatic heterocycles. The van der Waals surface area contributed by atoms with Gasteiger partial charge < -0.3 is 11.1 Å². The number of rotatable bonds is 3. The van der Waals surface area contributed by atoms with Crippen molar-refractivity contribution in [3.8, 4) is 0 Å². The zero-order chi connectivity index (χ0) is 14.6. The molecule has 114 valence electrons. The number of nitrogens with one attached hydrogen (secondary N) is 1. The number of carbonyl (C=O) groups excluding carboxylic acids is 1. The molecule has 2 aliphatic rings. The Hall–Kier alpha value is -0.290. The summed E-state index contributed by atoms with van der Waals surface area (Å²) in [5.74, 6) is 1.21. The second-order valence-corrected chi connectivity index (χ2v) is 8.39. The Morgan fingerprint density at radius 1 is 1.10 bits per heavy atom. The molecule has 20 heavy (non-hydrogen) atoms. The standard InChI is InChI=1S/C15H26N2OS2/c1-14(8-7-11-20-14)13(18)17-15(12(16)19)9-5-3-2-4-6-10-15/h2-11H2,1H3,(H2,16,19)(H,17,18). The molecule has 3 N–H and O–H groups in total. The summed E-state index contributed by atoms with van der Waals surface area (Å²) in [7, 11) is 0. The molecular weight excluding hydrogens is 288 g/mol. The fraction of sp³-hybridized carbons (Fsp3) is 0.867. The first kappa shape index (κ1) is 16.1. The summed E-state index contributed by atoms with van der Waals surface area (Å²) in [5, 5.41) is 3.26. The molecule has 1 unspecified atom stereocenters. The maximum Gasteiger partial charge on any atom is 0.236 e. The summed E-state index contributed by atoms with van der Waals surface area (Å²) in [4.78, 5) is 13.2. The highest BCUT2D eigenvalue weighted by molar-refractivity contribution is 8.01. The van der Waals surface area contributed by atoms with Crippen LogP contribution in [0.4, 0.5) is 0 Å². The van der Waals surface area contributed by atoms with Gasteiger partial charge in [0.25, 0.3) is 0 Å². The molecule has 1 aliphatic heterocycles. The number of carbonyl (C=O) groups is 1. The van der Waals surface area contributed by atoms with Crippen LogP contribution in [0.1, 0.15) is 64.7 Å². The van der Waals surface area contributed by atoms with Gasteiger partial charge in [0, 0.05) is 0 Å². The van der Waals surface area contributed by atoms with Gasteiger partial charge in [0.2, 0.25) is 5.91 Å². The molecule has 2 fully saturated rings. The highest BCUT2D eigenvalue weighted by atomic mass is 32.2. The molecule has 0 radical (unpaired) electrons. The van der Waals surface area contributed by atoms with E-state index in [1.165, 1.54) is 19.3 Å². The van der Waals surface area contributed by atoms with Gasteiger partial charge in [-0.1, -0.05) is 44.3 Å². The van der Waals surface area contributed by atoms with Gasteiger partial charge in [-0.15, -0.1) is 11.8 Å². The number of hydrogen-bond donors (Lipinski definition) is 2. The van der Waals surface area contributed by atoms with Crippen molar-refractivity contribution in [1.82, 2.24) is 5.32 Å². The van der Waals surface area contributed by atoms with Gasteiger partial charge in [-0.2, -0.15) is 0 Å². The molecule has 0 aromatic carbocycles. The smallest absolute Gasteiger partial charge is 0.236 e. The normalized spacial score (nSPS) is 30.2. The van der Waals surface area contributed by atoms with E-state index in [0.717, 1.165) is 44.3 Å². The highest BCUT2D eigenvalue weighted by Crippen LogP contribution is 2.39. The summed E-state index contributed by atoms with van der Waals surface area (Å²) in [5.41, 5.74) is 5.58. The van der Waals surface area contributed by atoms with Crippen LogP contribution in [0.15, 0.2) is 0 Å². The Balaban J connectivity index is 2.11. The lowest BCUT2D eigenvalue weighted by atomic mass is 9.83. The summed E-state index contributed by atoms with van der Waals surface area (Å²) in [6.45, 7) is 2.05. The monoisotopic (exact) mass is 314 g/mol. The van der Waals surface area contributed by atoms with Gasteiger partial charge in [0.1, 0.15) is 0 Å². The molecule has 3 nitrogen and oxygen atoms in total. The van der Waals surface area contributed by atoms with Crippen LogP contribution < -0.4 is 11.1 Å². The van der Waals surface area contributed by atoms with Crippen molar-refractivity contribution in [2.45, 2.75) is 75.0 Å². The van der Waals surface area contributed by atoms with E-state index in [1.807, 2.05) is 0 Å². The molecule has 5 heteroatoms. The Labute approximate surface area is 131 Å². The summed E-state index contributed by atoms with van der Waals surface area (Å²) >= 11 is 7.08. The molecule has 1 heterocycles. The summed E-state index contributed by atoms with van der Waals surface area (Å²) in [6.07, 6.45) is 9.78. The first-order valence-corrected chi connectivity index (χ1v) is 9.14. The lowest BCUT2D eigenvalue weighted by Crippen LogP contribution is -2.60. The van der Waals surface area contributed by atoms with Crippen LogP contribution in [0.25, 0.3) is 0 Å². The minimum absolute atomic E-state index is 0.133. The first-order valence-electron chi connectivity index (χ1n) is 7.75. The summed E-state index contributed by atoms with van der Waals surface area (Å²) in [6, 6.07) is 0. The van der Waals surface area contributed by atoms with Crippen molar-refractivity contribution in [1.29, 1.82) is 0 Å². The third-order valence-corrected chi connectivity index (χ3v) is 6.64. The SMILES string of the molecule is CC1(C(=O)NC2(C(N)=S)CCCCCCC2)CCCS1. The minimum Gasteiger partial charge on any atom is -0.391 e. The lowest BCUT2D eigenvalue weighted by Gasteiger charge is -2.38. The minimum atomic E-state index is -0.445. The van der Waals surface area contributed by atoms with Gasteiger partial charge in [0.15, 0.2) is 0 Å². The van der Waals surface area contributed by atoms with Crippen LogP contribution in [0.3, 0.4) is 0 Å². The van der Waals surface area contributed by atoms with E-state index in [1.54, 1.807) is 11.8 Å². The van der Waals surface area contributed by atoms with Gasteiger partial charge in [-0.25, -0.2) is 0 Å². The molecule has 2 rings (SSSR count). The van der Waals surface area contributed by atoms with E-state index >= 15 is 0 Å². The molecule has 1 saturated carbocycles. The van der Waals surface area contributed by atoms with E-state index in [2.05, 4.69) is 12.2 Å². The third-order valence-electron chi connectivity index (χ3n) is 4.73. The maximum absolute atomic E-state index is 12.7. The fourth-order valence-corrected chi connectivity index (χ4v) is 4.71. The number of thiocarbonyl (C=S) groups is 1. The molecule has 1 aliphatic carbocycles. The lowest BCUT2D eigenvalue weighted by molar-refractivity contribution is -0.124. The van der Waals surface area contributed by atoms with Crippen molar-refractivity contribution < 1.29 is 4.79 Å². The quantitative estimate of drug-likeness (QED) is 0.786. The Morgan fingerprint density at radius 3 is 2.20 bits per heavy atom. The second-order valence-electron chi connectivity index (χ2n) is 6.35. The zero-order valence-corrected chi connectivity index (χ0v) is 14.0. The van der Waals surface area contributed by atoms with Crippen LogP contribution in [0.5, 0.6) is 0 Å². The van der Waals surface area contributed by atoms with Gasteiger partial charge in [-0.3, -0.25) is 4.79 Å². The molecule has 0 aromatic rings. The van der Waals surface area contributed by atoms with Crippen molar-refractivity contribution >= 4 is 34.9 Å². The summed E-state index contributed by atoms with van der Waals surface area (Å²) < 4.78 is -0.292. The van der Waals surface area contributed by atoms with Crippen LogP contribution in [-0.2, 0) is 4.79 Å². The van der Waals surface area contributed by atoms with Crippen LogP contribution in [0.2, 0.25) is 0 Å². The van der Waals surface area contributed by atoms with E-state index in [-0.39, 0.29) is 10.7 Å². The largest absolute Gasteiger partial charge is 0.391 e. The average molecular weight is 315 g/mol. The molecule has 0 bridgehead atoms. The Kier molecular flexibility index (Phi) is 5.35. The topological polar surface area (TPSA) is 55.1 Å². The fourth-order valence-electron chi connectivity index (χ4n) is 3.25.